The van der Waals surface area contributed by atoms with Crippen molar-refractivity contribution in [3.8, 4) is 11.5 Å². The van der Waals surface area contributed by atoms with Crippen LogP contribution in [0.25, 0.3) is 5.65 Å². The summed E-state index contributed by atoms with van der Waals surface area (Å²) in [4.78, 5) is 6.73. The van der Waals surface area contributed by atoms with E-state index in [4.69, 9.17) is 9.47 Å². The highest BCUT2D eigenvalue weighted by Crippen LogP contribution is 2.30. The van der Waals surface area contributed by atoms with Crippen LogP contribution < -0.4 is 25.0 Å². The Labute approximate surface area is 211 Å². The highest BCUT2D eigenvalue weighted by atomic mass is 127. The summed E-state index contributed by atoms with van der Waals surface area (Å²) in [5.74, 6) is 3.40. The zero-order valence-electron chi connectivity index (χ0n) is 19.3. The van der Waals surface area contributed by atoms with Crippen LogP contribution in [-0.4, -0.2) is 67.5 Å². The zero-order valence-corrected chi connectivity index (χ0v) is 21.7. The fourth-order valence-corrected chi connectivity index (χ4v) is 3.99. The summed E-state index contributed by atoms with van der Waals surface area (Å²) in [5, 5.41) is 15.5. The Morgan fingerprint density at radius 3 is 2.67 bits per heavy atom. The van der Waals surface area contributed by atoms with E-state index in [0.29, 0.717) is 6.04 Å². The first-order valence-electron chi connectivity index (χ1n) is 10.9. The zero-order chi connectivity index (χ0) is 22.3. The standard InChI is InChI=1S/C23H31N7O2.HI/c1-24-23(25-10-6-8-22-28-27-21-7-4-5-11-30(21)22)26-17-9-12-29(16-17)18-13-19(31-2)15-20(14-18)32-3;/h4-5,7,11,13-15,17H,6,8-10,12,16H2,1-3H3,(H2,24,25,26);1H. The molecule has 3 heterocycles. The molecule has 2 N–H and O–H groups in total. The van der Waals surface area contributed by atoms with Crippen LogP contribution >= 0.6 is 24.0 Å². The molecule has 0 spiro atoms. The third kappa shape index (κ3) is 6.18. The monoisotopic (exact) mass is 565 g/mol. The van der Waals surface area contributed by atoms with E-state index in [2.05, 4.69) is 30.7 Å². The van der Waals surface area contributed by atoms with Gasteiger partial charge in [-0.15, -0.1) is 34.2 Å². The lowest BCUT2D eigenvalue weighted by Gasteiger charge is -2.21. The van der Waals surface area contributed by atoms with E-state index < -0.39 is 0 Å². The summed E-state index contributed by atoms with van der Waals surface area (Å²) in [6, 6.07) is 12.2. The van der Waals surface area contributed by atoms with Crippen LogP contribution in [0.4, 0.5) is 5.69 Å². The summed E-state index contributed by atoms with van der Waals surface area (Å²) in [7, 11) is 5.16. The van der Waals surface area contributed by atoms with Crippen LogP contribution in [0.2, 0.25) is 0 Å². The normalized spacial score (nSPS) is 15.9. The van der Waals surface area contributed by atoms with Crippen molar-refractivity contribution in [2.75, 3.05) is 45.8 Å². The third-order valence-electron chi connectivity index (χ3n) is 5.71. The maximum atomic E-state index is 5.41. The lowest BCUT2D eigenvalue weighted by molar-refractivity contribution is 0.394. The van der Waals surface area contributed by atoms with Crippen molar-refractivity contribution in [1.82, 2.24) is 25.2 Å². The van der Waals surface area contributed by atoms with E-state index in [1.165, 1.54) is 0 Å². The van der Waals surface area contributed by atoms with E-state index in [1.807, 2.05) is 47.0 Å². The average molecular weight is 565 g/mol. The van der Waals surface area contributed by atoms with Crippen molar-refractivity contribution in [3.63, 3.8) is 0 Å². The smallest absolute Gasteiger partial charge is 0.191 e. The van der Waals surface area contributed by atoms with Crippen LogP contribution in [0.1, 0.15) is 18.7 Å². The van der Waals surface area contributed by atoms with Gasteiger partial charge in [-0.25, -0.2) is 0 Å². The summed E-state index contributed by atoms with van der Waals surface area (Å²) in [6.45, 7) is 2.67. The first-order valence-corrected chi connectivity index (χ1v) is 10.9. The van der Waals surface area contributed by atoms with Gasteiger partial charge in [0.2, 0.25) is 0 Å². The molecule has 9 nitrogen and oxygen atoms in total. The summed E-state index contributed by atoms with van der Waals surface area (Å²) in [6.07, 6.45) is 4.83. The highest BCUT2D eigenvalue weighted by Gasteiger charge is 2.24. The Bertz CT molecular complexity index is 1050. The maximum absolute atomic E-state index is 5.41. The van der Waals surface area contributed by atoms with E-state index >= 15 is 0 Å². The van der Waals surface area contributed by atoms with Crippen LogP contribution in [0, 0.1) is 0 Å². The first kappa shape index (κ1) is 24.9. The number of methoxy groups -OCH3 is 2. The molecule has 2 aromatic heterocycles. The van der Waals surface area contributed by atoms with E-state index in [9.17, 15) is 0 Å². The van der Waals surface area contributed by atoms with Gasteiger partial charge in [-0.05, 0) is 25.0 Å². The highest BCUT2D eigenvalue weighted by molar-refractivity contribution is 14.0. The number of aliphatic imine (C=N–C) groups is 1. The largest absolute Gasteiger partial charge is 0.497 e. The lowest BCUT2D eigenvalue weighted by Crippen LogP contribution is -2.44. The number of guanidine groups is 1. The Balaban J connectivity index is 0.00000306. The number of pyridine rings is 1. The molecule has 1 atom stereocenters. The van der Waals surface area contributed by atoms with Crippen molar-refractivity contribution < 1.29 is 9.47 Å². The molecular formula is C23H32IN7O2. The molecule has 10 heteroatoms. The number of halogens is 1. The van der Waals surface area contributed by atoms with E-state index in [-0.39, 0.29) is 24.0 Å². The van der Waals surface area contributed by atoms with Gasteiger partial charge < -0.3 is 25.0 Å². The van der Waals surface area contributed by atoms with Crippen molar-refractivity contribution in [2.24, 2.45) is 4.99 Å². The second-order valence-electron chi connectivity index (χ2n) is 7.79. The van der Waals surface area contributed by atoms with Gasteiger partial charge in [0, 0.05) is 69.2 Å². The molecule has 1 saturated heterocycles. The second kappa shape index (κ2) is 11.9. The van der Waals surface area contributed by atoms with Crippen LogP contribution in [-0.2, 0) is 6.42 Å². The molecule has 1 fully saturated rings. The number of benzene rings is 1. The number of hydrogen-bond acceptors (Lipinski definition) is 6. The molecule has 0 aliphatic carbocycles. The summed E-state index contributed by atoms with van der Waals surface area (Å²) >= 11 is 0. The van der Waals surface area contributed by atoms with Gasteiger partial charge >= 0.3 is 0 Å². The molecule has 3 aromatic rings. The molecule has 33 heavy (non-hydrogen) atoms. The van der Waals surface area contributed by atoms with Gasteiger partial charge in [-0.3, -0.25) is 9.39 Å². The molecule has 0 amide bonds. The number of fused-ring (bicyclic) bond motifs is 1. The van der Waals surface area contributed by atoms with Crippen molar-refractivity contribution >= 4 is 41.3 Å². The van der Waals surface area contributed by atoms with E-state index in [1.54, 1.807) is 21.3 Å². The van der Waals surface area contributed by atoms with Crippen LogP contribution in [0.15, 0.2) is 47.6 Å². The molecule has 0 bridgehead atoms. The fourth-order valence-electron chi connectivity index (χ4n) is 3.99. The van der Waals surface area contributed by atoms with Gasteiger partial charge in [0.1, 0.15) is 17.3 Å². The van der Waals surface area contributed by atoms with Gasteiger partial charge in [0.05, 0.1) is 14.2 Å². The van der Waals surface area contributed by atoms with Gasteiger partial charge in [-0.2, -0.15) is 0 Å². The van der Waals surface area contributed by atoms with Crippen molar-refractivity contribution in [1.29, 1.82) is 0 Å². The quantitative estimate of drug-likeness (QED) is 0.188. The Morgan fingerprint density at radius 2 is 1.94 bits per heavy atom. The number of nitrogens with zero attached hydrogens (tertiary/aromatic N) is 5. The number of rotatable bonds is 8. The van der Waals surface area contributed by atoms with Crippen LogP contribution in [0.3, 0.4) is 0 Å². The SMILES string of the molecule is CN=C(NCCCc1nnc2ccccn12)NC1CCN(c2cc(OC)cc(OC)c2)C1.I. The molecule has 1 aromatic carbocycles. The number of aromatic nitrogens is 3. The minimum Gasteiger partial charge on any atom is -0.497 e. The Morgan fingerprint density at radius 1 is 1.15 bits per heavy atom. The topological polar surface area (TPSA) is 88.3 Å². The van der Waals surface area contributed by atoms with E-state index in [0.717, 1.165) is 73.5 Å². The van der Waals surface area contributed by atoms with Crippen LogP contribution in [0.5, 0.6) is 11.5 Å². The summed E-state index contributed by atoms with van der Waals surface area (Å²) in [5.41, 5.74) is 1.99. The lowest BCUT2D eigenvalue weighted by atomic mass is 10.2. The van der Waals surface area contributed by atoms with Gasteiger partial charge in [0.25, 0.3) is 0 Å². The predicted molar refractivity (Wildman–Crippen MR) is 141 cm³/mol. The molecule has 1 aliphatic rings. The third-order valence-corrected chi connectivity index (χ3v) is 5.71. The number of ether oxygens (including phenoxy) is 2. The molecule has 1 unspecified atom stereocenters. The molecule has 4 rings (SSSR count). The Kier molecular flexibility index (Phi) is 8.98. The van der Waals surface area contributed by atoms with Gasteiger partial charge in [-0.1, -0.05) is 6.07 Å². The maximum Gasteiger partial charge on any atom is 0.191 e. The Hall–Kier alpha value is -2.76. The second-order valence-corrected chi connectivity index (χ2v) is 7.79. The number of anilines is 1. The minimum atomic E-state index is 0. The molecule has 0 radical (unpaired) electrons. The molecule has 0 saturated carbocycles. The molecule has 1 aliphatic heterocycles. The molecule has 178 valence electrons. The number of nitrogens with one attached hydrogen (secondary N) is 2. The average Bonchev–Trinajstić information content (AvgIpc) is 3.48. The minimum absolute atomic E-state index is 0. The van der Waals surface area contributed by atoms with Gasteiger partial charge in [0.15, 0.2) is 11.6 Å². The number of hydrogen-bond donors (Lipinski definition) is 2. The number of aryl methyl sites for hydroxylation is 1. The predicted octanol–water partition coefficient (Wildman–Crippen LogP) is 2.74. The fraction of sp³-hybridized carbons (Fsp3) is 0.435. The summed E-state index contributed by atoms with van der Waals surface area (Å²) < 4.78 is 12.9. The van der Waals surface area contributed by atoms with Crippen molar-refractivity contribution in [2.45, 2.75) is 25.3 Å². The first-order chi connectivity index (χ1) is 15.7. The van der Waals surface area contributed by atoms with Crippen molar-refractivity contribution in [3.05, 3.63) is 48.4 Å². The molecular weight excluding hydrogens is 533 g/mol.